The van der Waals surface area contributed by atoms with Crippen LogP contribution in [0.4, 0.5) is 0 Å². The number of allylic oxidation sites excluding steroid dienone is 4. The minimum absolute atomic E-state index is 0.0242. The fraction of sp³-hybridized carbons (Fsp3) is 0.742. The van der Waals surface area contributed by atoms with Crippen molar-refractivity contribution in [2.24, 2.45) is 28.6 Å². The molecule has 0 aromatic carbocycles. The van der Waals surface area contributed by atoms with Gasteiger partial charge in [0, 0.05) is 29.6 Å². The number of esters is 2. The first-order chi connectivity index (χ1) is 23.5. The van der Waals surface area contributed by atoms with Crippen LogP contribution in [0.1, 0.15) is 78.1 Å². The molecule has 4 aliphatic rings. The van der Waals surface area contributed by atoms with Crippen LogP contribution in [0.5, 0.6) is 0 Å². The lowest BCUT2D eigenvalue weighted by Gasteiger charge is -2.59. The molecular weight excluding hydrogens is 670 g/mol. The molecule has 0 aromatic rings. The SMILES string of the molecule is C[C@]12C=CC(=O)C=C1CCC1C3CC[C@](OC(=O)CCCON(O)O)(C(=O)COC(=O)CCCC(CON(O)O)ON(O)O)[C@@]3(C)C[C@H](O)[C@@H]12. The number of ketones is 2. The van der Waals surface area contributed by atoms with E-state index >= 15 is 0 Å². The number of nitrogens with zero attached hydrogens (tertiary/aromatic N) is 3. The summed E-state index contributed by atoms with van der Waals surface area (Å²) in [7, 11) is 0. The molecule has 0 amide bonds. The van der Waals surface area contributed by atoms with Gasteiger partial charge in [0.1, 0.15) is 12.7 Å². The summed E-state index contributed by atoms with van der Waals surface area (Å²) in [5.74, 6) is -2.82. The van der Waals surface area contributed by atoms with Gasteiger partial charge < -0.3 is 14.6 Å². The van der Waals surface area contributed by atoms with Crippen molar-refractivity contribution in [2.45, 2.75) is 95.9 Å². The van der Waals surface area contributed by atoms with Crippen LogP contribution in [0.3, 0.4) is 0 Å². The average molecular weight is 718 g/mol. The maximum absolute atomic E-state index is 14.2. The number of hydrogen-bond acceptors (Lipinski definition) is 19. The molecule has 3 saturated carbocycles. The highest BCUT2D eigenvalue weighted by atomic mass is 17.1. The number of hydrogen-bond donors (Lipinski definition) is 7. The van der Waals surface area contributed by atoms with Crippen LogP contribution in [0.15, 0.2) is 23.8 Å². The molecule has 4 rings (SSSR count). The molecule has 7 N–H and O–H groups in total. The van der Waals surface area contributed by atoms with E-state index in [0.29, 0.717) is 19.3 Å². The number of carbonyl (C=O) groups excluding carboxylic acids is 4. The summed E-state index contributed by atoms with van der Waals surface area (Å²) < 4.78 is 11.4. The molecule has 0 radical (unpaired) electrons. The van der Waals surface area contributed by atoms with Crippen LogP contribution in [-0.4, -0.2) is 114 Å². The summed E-state index contributed by atoms with van der Waals surface area (Å²) in [6.45, 7) is 2.32. The van der Waals surface area contributed by atoms with Crippen LogP contribution >= 0.6 is 0 Å². The van der Waals surface area contributed by atoms with E-state index in [1.807, 2.05) is 19.9 Å². The summed E-state index contributed by atoms with van der Waals surface area (Å²) in [6.07, 6.45) is 4.48. The van der Waals surface area contributed by atoms with Crippen LogP contribution in [0.25, 0.3) is 0 Å². The number of aliphatic hydroxyl groups is 1. The largest absolute Gasteiger partial charge is 0.457 e. The van der Waals surface area contributed by atoms with Crippen molar-refractivity contribution in [2.75, 3.05) is 19.8 Å². The lowest BCUT2D eigenvalue weighted by Crippen LogP contribution is -2.63. The first-order valence-electron chi connectivity index (χ1n) is 16.5. The molecular formula is C31H47N3O16. The predicted octanol–water partition coefficient (Wildman–Crippen LogP) is 2.01. The Morgan fingerprint density at radius 3 is 2.34 bits per heavy atom. The van der Waals surface area contributed by atoms with Crippen molar-refractivity contribution < 1.29 is 79.5 Å². The Kier molecular flexibility index (Phi) is 13.4. The number of ether oxygens (including phenoxy) is 2. The number of carbonyl (C=O) groups is 4. The van der Waals surface area contributed by atoms with Crippen LogP contribution in [0, 0.1) is 28.6 Å². The maximum Gasteiger partial charge on any atom is 0.306 e. The highest BCUT2D eigenvalue weighted by Gasteiger charge is 2.70. The quantitative estimate of drug-likeness (QED) is 0.0607. The van der Waals surface area contributed by atoms with Crippen molar-refractivity contribution >= 4 is 23.5 Å². The highest BCUT2D eigenvalue weighted by Crippen LogP contribution is 2.68. The molecule has 0 spiro atoms. The smallest absolute Gasteiger partial charge is 0.306 e. The Bertz CT molecular complexity index is 1310. The Morgan fingerprint density at radius 2 is 1.66 bits per heavy atom. The Hall–Kier alpha value is -2.76. The second-order valence-electron chi connectivity index (χ2n) is 13.7. The van der Waals surface area contributed by atoms with Crippen LogP contribution < -0.4 is 0 Å². The van der Waals surface area contributed by atoms with E-state index in [-0.39, 0.29) is 75.1 Å². The topological polar surface area (TPSA) is 266 Å². The molecule has 0 aromatic heterocycles. The summed E-state index contributed by atoms with van der Waals surface area (Å²) in [6, 6.07) is 0. The van der Waals surface area contributed by atoms with E-state index in [1.165, 1.54) is 6.08 Å². The molecule has 0 heterocycles. The van der Waals surface area contributed by atoms with Crippen LogP contribution in [0.2, 0.25) is 0 Å². The van der Waals surface area contributed by atoms with Gasteiger partial charge in [-0.15, -0.1) is 0 Å². The fourth-order valence-electron chi connectivity index (χ4n) is 8.86. The lowest BCUT2D eigenvalue weighted by atomic mass is 9.46. The second kappa shape index (κ2) is 16.7. The number of Topliss-reactive ketones (excluding diaryl/α,β-unsaturated/α-hetero) is 1. The van der Waals surface area contributed by atoms with E-state index < -0.39 is 75.7 Å². The summed E-state index contributed by atoms with van der Waals surface area (Å²) >= 11 is 0. The Balaban J connectivity index is 1.49. The standard InChI is InChI=1S/C31H47N3O16/c1-29-12-10-20(35)15-19(29)8-9-22-23-11-13-31(30(23,2)16-24(36)28(22)29,49-27(39)7-4-14-47-32(40)41)25(37)18-46-26(38)6-3-5-21(50-34(44)45)17-48-33(42)43/h10,12,15,21-24,28,36,40-45H,3-9,11,13-14,16-18H2,1-2H3/t21?,22?,23?,24-,28+,29-,30-,31-/m0/s1. The van der Waals surface area contributed by atoms with Gasteiger partial charge in [-0.2, -0.15) is 0 Å². The van der Waals surface area contributed by atoms with Crippen molar-refractivity contribution in [3.05, 3.63) is 23.8 Å². The molecule has 50 heavy (non-hydrogen) atoms. The molecule has 19 nitrogen and oxygen atoms in total. The van der Waals surface area contributed by atoms with E-state index in [9.17, 15) is 24.3 Å². The first kappa shape index (κ1) is 40.0. The van der Waals surface area contributed by atoms with Gasteiger partial charge in [0.25, 0.3) is 0 Å². The van der Waals surface area contributed by atoms with Gasteiger partial charge in [-0.1, -0.05) is 25.5 Å². The third-order valence-corrected chi connectivity index (χ3v) is 11.0. The zero-order valence-corrected chi connectivity index (χ0v) is 28.0. The molecule has 282 valence electrons. The monoisotopic (exact) mass is 717 g/mol. The van der Waals surface area contributed by atoms with Crippen molar-refractivity contribution in [3.63, 3.8) is 0 Å². The maximum atomic E-state index is 14.2. The number of rotatable bonds is 18. The van der Waals surface area contributed by atoms with Gasteiger partial charge in [0.2, 0.25) is 5.78 Å². The molecule has 0 bridgehead atoms. The van der Waals surface area contributed by atoms with Crippen molar-refractivity contribution in [1.82, 2.24) is 16.2 Å². The van der Waals surface area contributed by atoms with Gasteiger partial charge in [-0.25, -0.2) is 9.68 Å². The molecule has 3 fully saturated rings. The van der Waals surface area contributed by atoms with Gasteiger partial charge in [-0.3, -0.25) is 55.3 Å². The average Bonchev–Trinajstić information content (AvgIpc) is 3.32. The highest BCUT2D eigenvalue weighted by molar-refractivity contribution is 6.01. The summed E-state index contributed by atoms with van der Waals surface area (Å²) in [4.78, 5) is 65.9. The number of aliphatic hydroxyl groups excluding tert-OH is 1. The van der Waals surface area contributed by atoms with Gasteiger partial charge >= 0.3 is 11.9 Å². The molecule has 19 heteroatoms. The molecule has 8 atom stereocenters. The zero-order valence-electron chi connectivity index (χ0n) is 28.0. The molecule has 0 aliphatic heterocycles. The first-order valence-corrected chi connectivity index (χ1v) is 16.5. The van der Waals surface area contributed by atoms with E-state index in [1.54, 1.807) is 6.08 Å². The fourth-order valence-corrected chi connectivity index (χ4v) is 8.86. The third-order valence-electron chi connectivity index (χ3n) is 11.0. The molecule has 0 saturated heterocycles. The minimum atomic E-state index is -1.76. The lowest BCUT2D eigenvalue weighted by molar-refractivity contribution is -0.527. The van der Waals surface area contributed by atoms with Crippen molar-refractivity contribution in [3.8, 4) is 0 Å². The van der Waals surface area contributed by atoms with Crippen molar-refractivity contribution in [1.29, 1.82) is 0 Å². The van der Waals surface area contributed by atoms with E-state index in [4.69, 9.17) is 40.7 Å². The van der Waals surface area contributed by atoms with Crippen LogP contribution in [-0.2, 0) is 43.2 Å². The third kappa shape index (κ3) is 8.81. The van der Waals surface area contributed by atoms with Gasteiger partial charge in [-0.05, 0) is 75.4 Å². The normalized spacial score (nSPS) is 32.4. The molecule has 4 aliphatic carbocycles. The van der Waals surface area contributed by atoms with Gasteiger partial charge in [0.05, 0.1) is 28.9 Å². The van der Waals surface area contributed by atoms with E-state index in [2.05, 4.69) is 14.5 Å². The van der Waals surface area contributed by atoms with E-state index in [0.717, 1.165) is 5.57 Å². The summed E-state index contributed by atoms with van der Waals surface area (Å²) in [5, 5.41) is 63.0. The summed E-state index contributed by atoms with van der Waals surface area (Å²) in [5.41, 5.74) is -2.43. The zero-order chi connectivity index (χ0) is 36.9. The predicted molar refractivity (Wildman–Crippen MR) is 159 cm³/mol. The van der Waals surface area contributed by atoms with Gasteiger partial charge in [0.15, 0.2) is 18.0 Å². The Labute approximate surface area is 287 Å². The minimum Gasteiger partial charge on any atom is -0.457 e. The Morgan fingerprint density at radius 1 is 0.960 bits per heavy atom. The second-order valence-corrected chi connectivity index (χ2v) is 13.7. The number of fused-ring (bicyclic) bond motifs is 5. The molecule has 3 unspecified atom stereocenters.